The second-order valence-electron chi connectivity index (χ2n) is 6.83. The van der Waals surface area contributed by atoms with Gasteiger partial charge in [0.25, 0.3) is 0 Å². The fraction of sp³-hybridized carbons (Fsp3) is 0.409. The zero-order chi connectivity index (χ0) is 19.9. The number of aliphatic hydroxyl groups is 1. The summed E-state index contributed by atoms with van der Waals surface area (Å²) in [5.41, 5.74) is 1.93. The molecule has 0 radical (unpaired) electrons. The Balaban J connectivity index is 1.73. The van der Waals surface area contributed by atoms with Crippen LogP contribution in [0.3, 0.4) is 0 Å². The van der Waals surface area contributed by atoms with Crippen LogP contribution in [0.15, 0.2) is 60.7 Å². The molecule has 0 bridgehead atoms. The van der Waals surface area contributed by atoms with Gasteiger partial charge < -0.3 is 24.1 Å². The maximum Gasteiger partial charge on any atom is 0.303 e. The van der Waals surface area contributed by atoms with Crippen molar-refractivity contribution in [2.45, 2.75) is 57.8 Å². The molecule has 0 spiro atoms. The Kier molecular flexibility index (Phi) is 7.17. The molecule has 6 heteroatoms. The number of carbonyl (C=O) groups is 1. The zero-order valence-corrected chi connectivity index (χ0v) is 16.1. The molecule has 1 N–H and O–H groups in total. The lowest BCUT2D eigenvalue weighted by molar-refractivity contribution is -0.301. The molecule has 1 heterocycles. The third kappa shape index (κ3) is 5.39. The summed E-state index contributed by atoms with van der Waals surface area (Å²) in [5, 5.41) is 10.4. The minimum Gasteiger partial charge on any atom is -0.457 e. The molecule has 0 aromatic heterocycles. The molecule has 2 aromatic rings. The molecular formula is C22H26O6. The van der Waals surface area contributed by atoms with Crippen LogP contribution in [0.2, 0.25) is 0 Å². The topological polar surface area (TPSA) is 74.2 Å². The fourth-order valence-electron chi connectivity index (χ4n) is 3.26. The van der Waals surface area contributed by atoms with E-state index >= 15 is 0 Å². The van der Waals surface area contributed by atoms with Crippen molar-refractivity contribution in [3.8, 4) is 0 Å². The van der Waals surface area contributed by atoms with Gasteiger partial charge in [-0.25, -0.2) is 0 Å². The highest BCUT2D eigenvalue weighted by molar-refractivity contribution is 5.66. The lowest BCUT2D eigenvalue weighted by atomic mass is 9.99. The summed E-state index contributed by atoms with van der Waals surface area (Å²) in [6, 6.07) is 19.3. The van der Waals surface area contributed by atoms with Crippen molar-refractivity contribution in [1.29, 1.82) is 0 Å². The number of rotatable bonds is 7. The number of hydrogen-bond donors (Lipinski definition) is 1. The van der Waals surface area contributed by atoms with Gasteiger partial charge in [0, 0.05) is 6.92 Å². The highest BCUT2D eigenvalue weighted by Gasteiger charge is 2.47. The van der Waals surface area contributed by atoms with Gasteiger partial charge in [-0.2, -0.15) is 0 Å². The van der Waals surface area contributed by atoms with Crippen LogP contribution in [0, 0.1) is 0 Å². The molecule has 0 unspecified atom stereocenters. The van der Waals surface area contributed by atoms with Crippen molar-refractivity contribution >= 4 is 5.97 Å². The van der Waals surface area contributed by atoms with E-state index in [-0.39, 0.29) is 6.61 Å². The molecule has 28 heavy (non-hydrogen) atoms. The number of benzene rings is 2. The summed E-state index contributed by atoms with van der Waals surface area (Å²) >= 11 is 0. The van der Waals surface area contributed by atoms with E-state index < -0.39 is 36.7 Å². The van der Waals surface area contributed by atoms with Crippen LogP contribution < -0.4 is 0 Å². The molecular weight excluding hydrogens is 360 g/mol. The Morgan fingerprint density at radius 3 is 1.89 bits per heavy atom. The van der Waals surface area contributed by atoms with Crippen molar-refractivity contribution in [1.82, 2.24) is 0 Å². The Morgan fingerprint density at radius 1 is 0.893 bits per heavy atom. The van der Waals surface area contributed by atoms with Gasteiger partial charge >= 0.3 is 5.97 Å². The minimum atomic E-state index is -1.22. The van der Waals surface area contributed by atoms with E-state index in [2.05, 4.69) is 0 Å². The molecule has 150 valence electrons. The van der Waals surface area contributed by atoms with E-state index in [4.69, 9.17) is 18.9 Å². The van der Waals surface area contributed by atoms with E-state index in [1.54, 1.807) is 6.92 Å². The average molecular weight is 386 g/mol. The first kappa shape index (κ1) is 20.5. The van der Waals surface area contributed by atoms with E-state index in [0.29, 0.717) is 6.61 Å². The Morgan fingerprint density at radius 2 is 1.39 bits per heavy atom. The quantitative estimate of drug-likeness (QED) is 0.738. The first-order valence-electron chi connectivity index (χ1n) is 9.36. The number of carbonyl (C=O) groups excluding carboxylic acids is 1. The number of esters is 1. The van der Waals surface area contributed by atoms with Crippen molar-refractivity contribution in [2.75, 3.05) is 0 Å². The maximum absolute atomic E-state index is 11.7. The molecule has 3 rings (SSSR count). The van der Waals surface area contributed by atoms with Gasteiger partial charge in [0.05, 0.1) is 19.3 Å². The molecule has 1 aliphatic rings. The second-order valence-corrected chi connectivity index (χ2v) is 6.83. The van der Waals surface area contributed by atoms with Crippen LogP contribution in [0.25, 0.3) is 0 Å². The Bertz CT molecular complexity index is 680. The normalized spacial score (nSPS) is 27.3. The largest absolute Gasteiger partial charge is 0.457 e. The number of hydrogen-bond acceptors (Lipinski definition) is 6. The molecule has 5 atom stereocenters. The smallest absolute Gasteiger partial charge is 0.303 e. The van der Waals surface area contributed by atoms with Crippen LogP contribution in [-0.2, 0) is 37.0 Å². The van der Waals surface area contributed by atoms with Crippen molar-refractivity contribution < 1.29 is 28.8 Å². The van der Waals surface area contributed by atoms with Gasteiger partial charge in [-0.1, -0.05) is 60.7 Å². The molecule has 0 aliphatic carbocycles. The summed E-state index contributed by atoms with van der Waals surface area (Å²) in [7, 11) is 0. The molecule has 0 saturated carbocycles. The van der Waals surface area contributed by atoms with Crippen LogP contribution in [-0.4, -0.2) is 41.8 Å². The SMILES string of the molecule is CC(=O)O[C@@H]1[C@H](OCc2ccccc2)[C@H](O)O[C@H](C)[C@H]1OCc1ccccc1. The monoisotopic (exact) mass is 386 g/mol. The summed E-state index contributed by atoms with van der Waals surface area (Å²) in [5.74, 6) is -0.465. The molecule has 0 amide bonds. The standard InChI is InChI=1S/C22H26O6/c1-15-19(25-13-17-9-5-3-6-10-17)20(28-16(2)23)21(22(24)27-15)26-14-18-11-7-4-8-12-18/h3-12,15,19-22,24H,13-14H2,1-2H3/t15-,19-,20+,21+,22-/m1/s1. The molecule has 1 aliphatic heterocycles. The van der Waals surface area contributed by atoms with Crippen molar-refractivity contribution in [3.05, 3.63) is 71.8 Å². The van der Waals surface area contributed by atoms with Crippen LogP contribution in [0.4, 0.5) is 0 Å². The molecule has 1 fully saturated rings. The van der Waals surface area contributed by atoms with E-state index in [0.717, 1.165) is 11.1 Å². The minimum absolute atomic E-state index is 0.253. The van der Waals surface area contributed by atoms with Gasteiger partial charge in [0.1, 0.15) is 12.2 Å². The molecule has 6 nitrogen and oxygen atoms in total. The number of ether oxygens (including phenoxy) is 4. The summed E-state index contributed by atoms with van der Waals surface area (Å²) < 4.78 is 23.0. The fourth-order valence-corrected chi connectivity index (χ4v) is 3.26. The molecule has 1 saturated heterocycles. The Labute approximate surface area is 165 Å². The van der Waals surface area contributed by atoms with Gasteiger partial charge in [-0.3, -0.25) is 4.79 Å². The van der Waals surface area contributed by atoms with Crippen LogP contribution in [0.5, 0.6) is 0 Å². The third-order valence-corrected chi connectivity index (χ3v) is 4.62. The van der Waals surface area contributed by atoms with Gasteiger partial charge in [-0.15, -0.1) is 0 Å². The average Bonchev–Trinajstić information content (AvgIpc) is 2.68. The first-order valence-corrected chi connectivity index (χ1v) is 9.36. The van der Waals surface area contributed by atoms with Crippen LogP contribution >= 0.6 is 0 Å². The van der Waals surface area contributed by atoms with Gasteiger partial charge in [-0.05, 0) is 18.1 Å². The Hall–Kier alpha value is -2.25. The lowest BCUT2D eigenvalue weighted by Gasteiger charge is -2.42. The van der Waals surface area contributed by atoms with E-state index in [1.165, 1.54) is 6.92 Å². The van der Waals surface area contributed by atoms with E-state index in [9.17, 15) is 9.90 Å². The highest BCUT2D eigenvalue weighted by Crippen LogP contribution is 2.28. The first-order chi connectivity index (χ1) is 13.5. The summed E-state index contributed by atoms with van der Waals surface area (Å²) in [4.78, 5) is 11.7. The van der Waals surface area contributed by atoms with Gasteiger partial charge in [0.2, 0.25) is 0 Å². The van der Waals surface area contributed by atoms with Crippen LogP contribution in [0.1, 0.15) is 25.0 Å². The predicted octanol–water partition coefficient (Wildman–Crippen LogP) is 2.83. The zero-order valence-electron chi connectivity index (χ0n) is 16.1. The second kappa shape index (κ2) is 9.80. The molecule has 2 aromatic carbocycles. The lowest BCUT2D eigenvalue weighted by Crippen LogP contribution is -2.59. The summed E-state index contributed by atoms with van der Waals surface area (Å²) in [6.45, 7) is 3.69. The predicted molar refractivity (Wildman–Crippen MR) is 102 cm³/mol. The third-order valence-electron chi connectivity index (χ3n) is 4.62. The maximum atomic E-state index is 11.7. The van der Waals surface area contributed by atoms with Gasteiger partial charge in [0.15, 0.2) is 12.4 Å². The van der Waals surface area contributed by atoms with Crippen molar-refractivity contribution in [2.24, 2.45) is 0 Å². The van der Waals surface area contributed by atoms with Crippen molar-refractivity contribution in [3.63, 3.8) is 0 Å². The summed E-state index contributed by atoms with van der Waals surface area (Å²) in [6.07, 6.45) is -3.92. The van der Waals surface area contributed by atoms with E-state index in [1.807, 2.05) is 60.7 Å². The highest BCUT2D eigenvalue weighted by atomic mass is 16.7. The number of aliphatic hydroxyl groups excluding tert-OH is 1.